The van der Waals surface area contributed by atoms with Crippen LogP contribution in [0.25, 0.3) is 0 Å². The fraction of sp³-hybridized carbons (Fsp3) is 0.765. The molecule has 0 radical (unpaired) electrons. The number of hydrogen-bond donors (Lipinski definition) is 1. The van der Waals surface area contributed by atoms with Crippen LogP contribution >= 0.6 is 11.6 Å². The van der Waals surface area contributed by atoms with E-state index in [1.807, 2.05) is 0 Å². The van der Waals surface area contributed by atoms with Gasteiger partial charge < -0.3 is 0 Å². The second-order valence-corrected chi connectivity index (χ2v) is 19.2. The van der Waals surface area contributed by atoms with Gasteiger partial charge in [-0.05, 0) is 0 Å². The third-order valence-corrected chi connectivity index (χ3v) is 20.1. The van der Waals surface area contributed by atoms with Gasteiger partial charge >= 0.3 is 136 Å². The second kappa shape index (κ2) is 13.2. The molecule has 0 saturated carbocycles. The van der Waals surface area contributed by atoms with Gasteiger partial charge in [-0.1, -0.05) is 0 Å². The molecule has 0 aliphatic heterocycles. The SMILES string of the molecule is CCC[CH2][Sn]([CH2]CCC)([CH2]CCC)[C](/C=C\Cl)=C\CO. The first-order valence-electron chi connectivity index (χ1n) is 8.29. The van der Waals surface area contributed by atoms with Crippen LogP contribution in [-0.2, 0) is 0 Å². The Morgan fingerprint density at radius 3 is 1.70 bits per heavy atom. The van der Waals surface area contributed by atoms with Crippen molar-refractivity contribution >= 4 is 30.0 Å². The van der Waals surface area contributed by atoms with Gasteiger partial charge in [0.05, 0.1) is 0 Å². The van der Waals surface area contributed by atoms with E-state index in [4.69, 9.17) is 11.6 Å². The summed E-state index contributed by atoms with van der Waals surface area (Å²) in [5, 5.41) is 9.38. The van der Waals surface area contributed by atoms with E-state index in [0.29, 0.717) is 0 Å². The van der Waals surface area contributed by atoms with Gasteiger partial charge in [-0.15, -0.1) is 0 Å². The molecule has 0 aliphatic carbocycles. The zero-order valence-electron chi connectivity index (χ0n) is 13.6. The maximum atomic E-state index is 9.38. The van der Waals surface area contributed by atoms with Crippen molar-refractivity contribution in [3.63, 3.8) is 0 Å². The zero-order chi connectivity index (χ0) is 15.3. The number of allylic oxidation sites excluding steroid dienone is 2. The van der Waals surface area contributed by atoms with Crippen LogP contribution in [0.5, 0.6) is 0 Å². The fourth-order valence-electron chi connectivity index (χ4n) is 2.98. The molecule has 0 atom stereocenters. The molecule has 0 rings (SSSR count). The number of rotatable bonds is 12. The van der Waals surface area contributed by atoms with Gasteiger partial charge in [0.15, 0.2) is 0 Å². The molecule has 0 aromatic carbocycles. The molecular formula is C17H33ClOSn. The molecular weight excluding hydrogens is 374 g/mol. The molecule has 0 unspecified atom stereocenters. The molecule has 118 valence electrons. The van der Waals surface area contributed by atoms with E-state index < -0.39 is 18.4 Å². The maximum absolute atomic E-state index is 9.38. The molecule has 0 bridgehead atoms. The van der Waals surface area contributed by atoms with Gasteiger partial charge in [0.2, 0.25) is 0 Å². The van der Waals surface area contributed by atoms with Crippen LogP contribution in [0.1, 0.15) is 59.3 Å². The Morgan fingerprint density at radius 1 is 0.950 bits per heavy atom. The summed E-state index contributed by atoms with van der Waals surface area (Å²) >= 11 is 3.50. The van der Waals surface area contributed by atoms with Crippen molar-refractivity contribution in [3.8, 4) is 0 Å². The van der Waals surface area contributed by atoms with Crippen molar-refractivity contribution in [1.82, 2.24) is 0 Å². The molecule has 0 heterocycles. The van der Waals surface area contributed by atoms with Gasteiger partial charge in [-0.25, -0.2) is 0 Å². The summed E-state index contributed by atoms with van der Waals surface area (Å²) in [6.45, 7) is 6.99. The average Bonchev–Trinajstić information content (AvgIpc) is 2.47. The van der Waals surface area contributed by atoms with E-state index in [0.717, 1.165) is 0 Å². The fourth-order valence-corrected chi connectivity index (χ4v) is 19.6. The van der Waals surface area contributed by atoms with Crippen LogP contribution in [0.15, 0.2) is 21.3 Å². The van der Waals surface area contributed by atoms with Gasteiger partial charge in [0.1, 0.15) is 0 Å². The van der Waals surface area contributed by atoms with Gasteiger partial charge in [-0.2, -0.15) is 0 Å². The topological polar surface area (TPSA) is 20.2 Å². The minimum absolute atomic E-state index is 0.152. The number of halogens is 1. The predicted molar refractivity (Wildman–Crippen MR) is 95.1 cm³/mol. The quantitative estimate of drug-likeness (QED) is 0.309. The van der Waals surface area contributed by atoms with Crippen molar-refractivity contribution in [2.75, 3.05) is 6.61 Å². The molecule has 0 spiro atoms. The number of unbranched alkanes of at least 4 members (excludes halogenated alkanes) is 3. The Kier molecular flexibility index (Phi) is 13.6. The average molecular weight is 408 g/mol. The predicted octanol–water partition coefficient (Wildman–Crippen LogP) is 6.05. The first kappa shape index (κ1) is 20.5. The minimum atomic E-state index is -2.37. The van der Waals surface area contributed by atoms with Crippen LogP contribution in [0.3, 0.4) is 0 Å². The number of aliphatic hydroxyl groups is 1. The molecule has 0 saturated heterocycles. The van der Waals surface area contributed by atoms with Crippen LogP contribution in [0, 0.1) is 0 Å². The summed E-state index contributed by atoms with van der Waals surface area (Å²) in [4.78, 5) is 0. The summed E-state index contributed by atoms with van der Waals surface area (Å²) in [6.07, 6.45) is 12.0. The van der Waals surface area contributed by atoms with Crippen LogP contribution in [-0.4, -0.2) is 30.1 Å². The Labute approximate surface area is 135 Å². The normalized spacial score (nSPS) is 13.3. The first-order chi connectivity index (χ1) is 9.70. The summed E-state index contributed by atoms with van der Waals surface area (Å²) in [5.74, 6) is 0. The van der Waals surface area contributed by atoms with Crippen LogP contribution in [0.4, 0.5) is 0 Å². The Bertz CT molecular complexity index is 265. The second-order valence-electron chi connectivity index (χ2n) is 5.73. The molecule has 20 heavy (non-hydrogen) atoms. The molecule has 3 heteroatoms. The summed E-state index contributed by atoms with van der Waals surface area (Å²) < 4.78 is 5.70. The number of aliphatic hydroxyl groups excluding tert-OH is 1. The van der Waals surface area contributed by atoms with Crippen molar-refractivity contribution in [3.05, 3.63) is 21.3 Å². The van der Waals surface area contributed by atoms with Crippen LogP contribution < -0.4 is 0 Å². The number of hydrogen-bond acceptors (Lipinski definition) is 1. The standard InChI is InChI=1S/C5H6ClO.3C4H9.Sn/c6-4-2-1-3-5-7;3*1-3-4-2;/h2-4,7H,5H2;3*1,3-4H2,2H3;/b3-1?,4-2-;;;;. The van der Waals surface area contributed by atoms with Crippen molar-refractivity contribution in [2.24, 2.45) is 0 Å². The molecule has 0 fully saturated rings. The molecule has 0 aromatic rings. The van der Waals surface area contributed by atoms with E-state index in [2.05, 4.69) is 32.9 Å². The van der Waals surface area contributed by atoms with Crippen molar-refractivity contribution in [1.29, 1.82) is 0 Å². The summed E-state index contributed by atoms with van der Waals surface area (Å²) in [6, 6.07) is 0. The van der Waals surface area contributed by atoms with Crippen molar-refractivity contribution < 1.29 is 5.11 Å². The van der Waals surface area contributed by atoms with Gasteiger partial charge in [-0.3, -0.25) is 0 Å². The molecule has 0 amide bonds. The van der Waals surface area contributed by atoms with E-state index >= 15 is 0 Å². The molecule has 1 N–H and O–H groups in total. The third-order valence-electron chi connectivity index (χ3n) is 4.19. The Morgan fingerprint density at radius 2 is 1.40 bits per heavy atom. The summed E-state index contributed by atoms with van der Waals surface area (Å²) in [5.41, 5.74) is 1.65. The first-order valence-corrected chi connectivity index (χ1v) is 16.2. The monoisotopic (exact) mass is 408 g/mol. The van der Waals surface area contributed by atoms with E-state index in [1.54, 1.807) is 5.54 Å². The van der Waals surface area contributed by atoms with Gasteiger partial charge in [0.25, 0.3) is 0 Å². The molecule has 0 aromatic heterocycles. The van der Waals surface area contributed by atoms with E-state index in [1.165, 1.54) is 55.4 Å². The molecule has 0 aliphatic rings. The van der Waals surface area contributed by atoms with E-state index in [9.17, 15) is 5.11 Å². The van der Waals surface area contributed by atoms with Crippen LogP contribution in [0.2, 0.25) is 13.3 Å². The van der Waals surface area contributed by atoms with E-state index in [-0.39, 0.29) is 6.61 Å². The van der Waals surface area contributed by atoms with Gasteiger partial charge in [0, 0.05) is 0 Å². The molecule has 1 nitrogen and oxygen atoms in total. The Balaban J connectivity index is 5.32. The Hall–Kier alpha value is 0.529. The zero-order valence-corrected chi connectivity index (χ0v) is 17.2. The van der Waals surface area contributed by atoms with Crippen molar-refractivity contribution in [2.45, 2.75) is 72.6 Å². The summed E-state index contributed by atoms with van der Waals surface area (Å²) in [7, 11) is 0. The third kappa shape index (κ3) is 7.51.